The fourth-order valence-electron chi connectivity index (χ4n) is 3.34. The molecule has 1 fully saturated rings. The van der Waals surface area contributed by atoms with Crippen molar-refractivity contribution in [1.29, 1.82) is 0 Å². The van der Waals surface area contributed by atoms with Crippen molar-refractivity contribution in [3.05, 3.63) is 35.4 Å². The Morgan fingerprint density at radius 2 is 1.76 bits per heavy atom. The van der Waals surface area contributed by atoms with Gasteiger partial charge < -0.3 is 15.5 Å². The van der Waals surface area contributed by atoms with Crippen LogP contribution in [0.3, 0.4) is 0 Å². The van der Waals surface area contributed by atoms with Gasteiger partial charge in [-0.05, 0) is 58.0 Å². The Kier molecular flexibility index (Phi) is 5.42. The summed E-state index contributed by atoms with van der Waals surface area (Å²) < 4.78 is 0. The molecule has 21 heavy (non-hydrogen) atoms. The third-order valence-corrected chi connectivity index (χ3v) is 5.12. The number of aryl methyl sites for hydroxylation is 1. The number of nitrogens with two attached hydrogens (primary N) is 1. The van der Waals surface area contributed by atoms with Crippen molar-refractivity contribution in [2.45, 2.75) is 44.2 Å². The lowest BCUT2D eigenvalue weighted by Gasteiger charge is -2.49. The van der Waals surface area contributed by atoms with Gasteiger partial charge in [-0.3, -0.25) is 0 Å². The third-order valence-electron chi connectivity index (χ3n) is 5.12. The summed E-state index contributed by atoms with van der Waals surface area (Å²) in [5, 5.41) is 0. The number of nitrogens with zero attached hydrogens (tertiary/aromatic N) is 2. The van der Waals surface area contributed by atoms with Gasteiger partial charge in [0.15, 0.2) is 0 Å². The average molecular weight is 289 g/mol. The summed E-state index contributed by atoms with van der Waals surface area (Å²) in [5.74, 6) is 0. The molecule has 2 N–H and O–H groups in total. The first-order chi connectivity index (χ1) is 9.97. The van der Waals surface area contributed by atoms with E-state index in [1.165, 1.54) is 30.4 Å². The maximum absolute atomic E-state index is 6.39. The van der Waals surface area contributed by atoms with Gasteiger partial charge in [-0.2, -0.15) is 0 Å². The van der Waals surface area contributed by atoms with Gasteiger partial charge in [0.25, 0.3) is 0 Å². The SMILES string of the molecule is CCc1ccc(C(N)CN(C)CC2(N(C)C)CCC2)cc1. The van der Waals surface area contributed by atoms with Gasteiger partial charge in [-0.15, -0.1) is 0 Å². The topological polar surface area (TPSA) is 32.5 Å². The lowest BCUT2D eigenvalue weighted by molar-refractivity contribution is 0.0265. The van der Waals surface area contributed by atoms with E-state index in [0.717, 1.165) is 19.5 Å². The molecule has 1 aliphatic rings. The number of hydrogen-bond donors (Lipinski definition) is 1. The highest BCUT2D eigenvalue weighted by Gasteiger charge is 2.39. The molecule has 0 bridgehead atoms. The van der Waals surface area contributed by atoms with E-state index in [-0.39, 0.29) is 6.04 Å². The Hall–Kier alpha value is -0.900. The summed E-state index contributed by atoms with van der Waals surface area (Å²) >= 11 is 0. The summed E-state index contributed by atoms with van der Waals surface area (Å²) in [5.41, 5.74) is 9.38. The first kappa shape index (κ1) is 16.5. The molecule has 0 aromatic heterocycles. The van der Waals surface area contributed by atoms with E-state index in [2.05, 4.69) is 62.1 Å². The fraction of sp³-hybridized carbons (Fsp3) is 0.667. The molecule has 1 atom stereocenters. The summed E-state index contributed by atoms with van der Waals surface area (Å²) in [6.45, 7) is 4.21. The van der Waals surface area contributed by atoms with Crippen molar-refractivity contribution in [2.24, 2.45) is 5.73 Å². The van der Waals surface area contributed by atoms with Crippen LogP contribution in [0, 0.1) is 0 Å². The third kappa shape index (κ3) is 3.85. The molecule has 2 rings (SSSR count). The molecule has 118 valence electrons. The summed E-state index contributed by atoms with van der Waals surface area (Å²) in [6.07, 6.45) is 5.06. The zero-order valence-electron chi connectivity index (χ0n) is 14.1. The molecule has 1 aromatic rings. The minimum absolute atomic E-state index is 0.0974. The van der Waals surface area contributed by atoms with Gasteiger partial charge in [-0.25, -0.2) is 0 Å². The number of likely N-dealkylation sites (N-methyl/N-ethyl adjacent to an activating group) is 2. The molecule has 1 unspecified atom stereocenters. The minimum Gasteiger partial charge on any atom is -0.323 e. The Morgan fingerprint density at radius 3 is 2.19 bits per heavy atom. The van der Waals surface area contributed by atoms with Gasteiger partial charge in [0, 0.05) is 24.7 Å². The molecule has 1 saturated carbocycles. The highest BCUT2D eigenvalue weighted by molar-refractivity contribution is 5.25. The predicted molar refractivity (Wildman–Crippen MR) is 90.5 cm³/mol. The zero-order chi connectivity index (χ0) is 15.5. The Balaban J connectivity index is 1.90. The quantitative estimate of drug-likeness (QED) is 0.837. The number of rotatable bonds is 7. The van der Waals surface area contributed by atoms with E-state index in [9.17, 15) is 0 Å². The molecule has 0 aliphatic heterocycles. The molecule has 0 spiro atoms. The minimum atomic E-state index is 0.0974. The Labute approximate surface area is 130 Å². The highest BCUT2D eigenvalue weighted by Crippen LogP contribution is 2.36. The summed E-state index contributed by atoms with van der Waals surface area (Å²) in [6, 6.07) is 8.86. The van der Waals surface area contributed by atoms with Crippen LogP contribution in [0.2, 0.25) is 0 Å². The van der Waals surface area contributed by atoms with Gasteiger partial charge in [0.05, 0.1) is 0 Å². The molecule has 3 nitrogen and oxygen atoms in total. The van der Waals surface area contributed by atoms with Crippen molar-refractivity contribution in [1.82, 2.24) is 9.80 Å². The van der Waals surface area contributed by atoms with E-state index in [1.54, 1.807) is 0 Å². The molecular weight excluding hydrogens is 258 g/mol. The van der Waals surface area contributed by atoms with Crippen molar-refractivity contribution in [2.75, 3.05) is 34.2 Å². The van der Waals surface area contributed by atoms with Crippen molar-refractivity contribution in [3.63, 3.8) is 0 Å². The van der Waals surface area contributed by atoms with E-state index in [0.29, 0.717) is 5.54 Å². The monoisotopic (exact) mass is 289 g/mol. The molecule has 3 heteroatoms. The van der Waals surface area contributed by atoms with Crippen LogP contribution >= 0.6 is 0 Å². The standard InChI is InChI=1S/C18H31N3/c1-5-15-7-9-16(10-8-15)17(19)13-21(4)14-18(20(2)3)11-6-12-18/h7-10,17H,5-6,11-14,19H2,1-4H3. The first-order valence-electron chi connectivity index (χ1n) is 8.17. The van der Waals surface area contributed by atoms with Crippen molar-refractivity contribution >= 4 is 0 Å². The lowest BCUT2D eigenvalue weighted by atomic mass is 9.75. The van der Waals surface area contributed by atoms with Gasteiger partial charge in [0.2, 0.25) is 0 Å². The molecular formula is C18H31N3. The van der Waals surface area contributed by atoms with Crippen LogP contribution in [0.4, 0.5) is 0 Å². The number of hydrogen-bond acceptors (Lipinski definition) is 3. The Bertz CT molecular complexity index is 434. The molecule has 0 saturated heterocycles. The number of benzene rings is 1. The molecule has 1 aromatic carbocycles. The Morgan fingerprint density at radius 1 is 1.14 bits per heavy atom. The smallest absolute Gasteiger partial charge is 0.0424 e. The zero-order valence-corrected chi connectivity index (χ0v) is 14.1. The van der Waals surface area contributed by atoms with Crippen LogP contribution in [-0.2, 0) is 6.42 Å². The van der Waals surface area contributed by atoms with Gasteiger partial charge >= 0.3 is 0 Å². The van der Waals surface area contributed by atoms with Crippen LogP contribution in [0.25, 0.3) is 0 Å². The van der Waals surface area contributed by atoms with Crippen molar-refractivity contribution < 1.29 is 0 Å². The van der Waals surface area contributed by atoms with Crippen molar-refractivity contribution in [3.8, 4) is 0 Å². The summed E-state index contributed by atoms with van der Waals surface area (Å²) in [4.78, 5) is 4.80. The van der Waals surface area contributed by atoms with Crippen LogP contribution in [0.1, 0.15) is 43.4 Å². The average Bonchev–Trinajstić information content (AvgIpc) is 2.42. The van der Waals surface area contributed by atoms with E-state index in [1.807, 2.05) is 0 Å². The predicted octanol–water partition coefficient (Wildman–Crippen LogP) is 2.66. The summed E-state index contributed by atoms with van der Waals surface area (Å²) in [7, 11) is 6.61. The highest BCUT2D eigenvalue weighted by atomic mass is 15.2. The van der Waals surface area contributed by atoms with Gasteiger partial charge in [0.1, 0.15) is 0 Å². The van der Waals surface area contributed by atoms with Crippen LogP contribution in [0.15, 0.2) is 24.3 Å². The van der Waals surface area contributed by atoms with Gasteiger partial charge in [-0.1, -0.05) is 31.2 Å². The molecule has 0 heterocycles. The first-order valence-corrected chi connectivity index (χ1v) is 8.17. The van der Waals surface area contributed by atoms with Crippen LogP contribution in [0.5, 0.6) is 0 Å². The van der Waals surface area contributed by atoms with E-state index < -0.39 is 0 Å². The molecule has 0 radical (unpaired) electrons. The molecule has 0 amide bonds. The van der Waals surface area contributed by atoms with E-state index in [4.69, 9.17) is 5.73 Å². The maximum Gasteiger partial charge on any atom is 0.0424 e. The normalized spacial score (nSPS) is 18.8. The van der Waals surface area contributed by atoms with E-state index >= 15 is 0 Å². The molecule has 1 aliphatic carbocycles. The van der Waals surface area contributed by atoms with Crippen LogP contribution in [-0.4, -0.2) is 49.6 Å². The second-order valence-corrected chi connectivity index (χ2v) is 6.87. The second-order valence-electron chi connectivity index (χ2n) is 6.87. The van der Waals surface area contributed by atoms with Crippen LogP contribution < -0.4 is 5.73 Å². The maximum atomic E-state index is 6.39. The largest absolute Gasteiger partial charge is 0.323 e. The fourth-order valence-corrected chi connectivity index (χ4v) is 3.34. The lowest BCUT2D eigenvalue weighted by Crippen LogP contribution is -2.57. The second kappa shape index (κ2) is 6.91.